The molecule has 2 aromatic heterocycles. The van der Waals surface area contributed by atoms with E-state index < -0.39 is 5.91 Å². The van der Waals surface area contributed by atoms with Gasteiger partial charge in [0, 0.05) is 57.3 Å². The number of nitrogens with zero attached hydrogens (tertiary/aromatic N) is 5. The number of hydrogen-bond donors (Lipinski definition) is 2. The number of guanidine groups is 1. The Balaban J connectivity index is 0.000000261. The van der Waals surface area contributed by atoms with Gasteiger partial charge in [0.1, 0.15) is 17.0 Å². The first-order chi connectivity index (χ1) is 21.6. The van der Waals surface area contributed by atoms with Crippen LogP contribution in [-0.2, 0) is 9.59 Å². The summed E-state index contributed by atoms with van der Waals surface area (Å²) in [6, 6.07) is 10.1. The van der Waals surface area contributed by atoms with Crippen LogP contribution in [0.25, 0.3) is 11.0 Å². The largest absolute Gasteiger partial charge is 0.461 e. The van der Waals surface area contributed by atoms with Crippen LogP contribution in [0.3, 0.4) is 0 Å². The van der Waals surface area contributed by atoms with E-state index in [2.05, 4.69) is 28.1 Å². The fourth-order valence-electron chi connectivity index (χ4n) is 4.94. The van der Waals surface area contributed by atoms with E-state index in [1.807, 2.05) is 24.0 Å². The maximum atomic E-state index is 12.4. The molecule has 0 radical (unpaired) electrons. The van der Waals surface area contributed by atoms with Crippen LogP contribution in [0.5, 0.6) is 0 Å². The van der Waals surface area contributed by atoms with Gasteiger partial charge in [0.25, 0.3) is 11.8 Å². The molecule has 2 fully saturated rings. The minimum atomic E-state index is -0.480. The van der Waals surface area contributed by atoms with Gasteiger partial charge in [0.15, 0.2) is 0 Å². The molecule has 12 nitrogen and oxygen atoms in total. The Morgan fingerprint density at radius 3 is 2.44 bits per heavy atom. The summed E-state index contributed by atoms with van der Waals surface area (Å²) < 4.78 is 5.51. The molecule has 4 amide bonds. The number of nitrogens with two attached hydrogens (primary N) is 1. The topological polar surface area (TPSA) is 154 Å². The highest BCUT2D eigenvalue weighted by atomic mass is 16.3. The summed E-state index contributed by atoms with van der Waals surface area (Å²) in [5, 5.41) is 3.40. The molecule has 3 aromatic rings. The van der Waals surface area contributed by atoms with Gasteiger partial charge in [-0.2, -0.15) is 0 Å². The van der Waals surface area contributed by atoms with E-state index in [9.17, 15) is 19.2 Å². The number of nitrogens with one attached hydrogen (secondary N) is 1. The second kappa shape index (κ2) is 16.6. The van der Waals surface area contributed by atoms with Crippen molar-refractivity contribution in [3.63, 3.8) is 0 Å². The van der Waals surface area contributed by atoms with E-state index in [4.69, 9.17) is 10.2 Å². The molecule has 0 aliphatic carbocycles. The Morgan fingerprint density at radius 1 is 1.02 bits per heavy atom. The van der Waals surface area contributed by atoms with Crippen molar-refractivity contribution in [1.29, 1.82) is 0 Å². The number of aryl methyl sites for hydroxylation is 1. The van der Waals surface area contributed by atoms with Crippen molar-refractivity contribution in [3.05, 3.63) is 59.6 Å². The number of pyridine rings is 1. The summed E-state index contributed by atoms with van der Waals surface area (Å²) in [6.07, 6.45) is 15.4. The number of rotatable bonds is 5. The minimum absolute atomic E-state index is 0.0585. The Hall–Kier alpha value is -5.18. The molecule has 0 spiro atoms. The van der Waals surface area contributed by atoms with Crippen molar-refractivity contribution in [2.75, 3.05) is 40.3 Å². The van der Waals surface area contributed by atoms with Crippen LogP contribution < -0.4 is 11.1 Å². The van der Waals surface area contributed by atoms with Gasteiger partial charge in [0.2, 0.25) is 17.8 Å². The average Bonchev–Trinajstić information content (AvgIpc) is 3.65. The van der Waals surface area contributed by atoms with E-state index in [1.165, 1.54) is 23.2 Å². The van der Waals surface area contributed by atoms with Crippen molar-refractivity contribution in [2.45, 2.75) is 45.4 Å². The summed E-state index contributed by atoms with van der Waals surface area (Å²) in [6.45, 7) is 4.68. The number of carbonyl (C=O) groups excluding carboxylic acids is 4. The summed E-state index contributed by atoms with van der Waals surface area (Å²) in [5.74, 6) is 0.254. The van der Waals surface area contributed by atoms with Crippen LogP contribution in [0, 0.1) is 19.8 Å². The molecule has 45 heavy (non-hydrogen) atoms. The fourth-order valence-corrected chi connectivity index (χ4v) is 4.94. The first-order valence-electron chi connectivity index (χ1n) is 14.8. The number of furan rings is 1. The maximum absolute atomic E-state index is 12.4. The van der Waals surface area contributed by atoms with E-state index in [0.29, 0.717) is 18.7 Å². The highest BCUT2D eigenvalue weighted by Gasteiger charge is 2.24. The molecule has 12 heteroatoms. The van der Waals surface area contributed by atoms with Gasteiger partial charge in [-0.3, -0.25) is 29.5 Å². The zero-order valence-electron chi connectivity index (χ0n) is 26.1. The maximum Gasteiger partial charge on any atom is 0.271 e. The molecule has 2 saturated heterocycles. The molecule has 4 heterocycles. The molecule has 3 N–H and O–H groups in total. The predicted molar refractivity (Wildman–Crippen MR) is 173 cm³/mol. The average molecular weight is 616 g/mol. The van der Waals surface area contributed by atoms with Gasteiger partial charge >= 0.3 is 0 Å². The standard InChI is InChI=1S/C19H19N5O3.C12H20N2O2.C2H2/c1-11-8-13-9-14(4-5-16(13)27-11)22-19(20)23-17(25)12-6-7-21-15(10-12)18(26)24(2)3;15-11-6-2-1-3-9-14(11)10-12(16)13-7-4-5-8-13;1-2/h4-10H,1-3H3,(H3,20,22,23,25);1-10H2;1-2H. The number of likely N-dealkylation sites (tertiary alicyclic amines) is 2. The molecule has 238 valence electrons. The summed E-state index contributed by atoms with van der Waals surface area (Å²) in [5.41, 5.74) is 7.61. The van der Waals surface area contributed by atoms with Crippen molar-refractivity contribution in [3.8, 4) is 12.8 Å². The number of amides is 4. The van der Waals surface area contributed by atoms with Gasteiger partial charge < -0.3 is 24.9 Å². The lowest BCUT2D eigenvalue weighted by Gasteiger charge is -2.23. The molecular formula is C33H41N7O5. The summed E-state index contributed by atoms with van der Waals surface area (Å²) in [7, 11) is 3.22. The zero-order valence-corrected chi connectivity index (χ0v) is 26.1. The van der Waals surface area contributed by atoms with Gasteiger partial charge in [-0.25, -0.2) is 4.99 Å². The predicted octanol–water partition coefficient (Wildman–Crippen LogP) is 3.48. The van der Waals surface area contributed by atoms with E-state index in [0.717, 1.165) is 68.5 Å². The second-order valence-corrected chi connectivity index (χ2v) is 10.9. The SMILES string of the molecule is C#C.Cc1cc2cc(N=C(N)NC(=O)c3ccnc(C(=O)N(C)C)c3)ccc2o1.O=C(CN1CCCCCC1=O)N1CCCC1. The summed E-state index contributed by atoms with van der Waals surface area (Å²) in [4.78, 5) is 61.1. The lowest BCUT2D eigenvalue weighted by atomic mass is 10.2. The smallest absolute Gasteiger partial charge is 0.271 e. The zero-order chi connectivity index (χ0) is 32.9. The molecule has 2 aliphatic rings. The van der Waals surface area contributed by atoms with E-state index in [-0.39, 0.29) is 34.9 Å². The molecule has 5 rings (SSSR count). The highest BCUT2D eigenvalue weighted by Crippen LogP contribution is 2.24. The molecule has 0 atom stereocenters. The minimum Gasteiger partial charge on any atom is -0.461 e. The Labute approximate surface area is 263 Å². The molecule has 0 unspecified atom stereocenters. The number of benzene rings is 1. The molecular weight excluding hydrogens is 574 g/mol. The first-order valence-corrected chi connectivity index (χ1v) is 14.8. The van der Waals surface area contributed by atoms with Crippen LogP contribution >= 0.6 is 0 Å². The lowest BCUT2D eigenvalue weighted by Crippen LogP contribution is -2.41. The van der Waals surface area contributed by atoms with Crippen molar-refractivity contribution < 1.29 is 23.6 Å². The quantitative estimate of drug-likeness (QED) is 0.253. The van der Waals surface area contributed by atoms with Crippen LogP contribution in [0.15, 0.2) is 52.0 Å². The van der Waals surface area contributed by atoms with Crippen LogP contribution in [-0.4, -0.2) is 89.5 Å². The summed E-state index contributed by atoms with van der Waals surface area (Å²) >= 11 is 0. The van der Waals surface area contributed by atoms with Gasteiger partial charge in [-0.15, -0.1) is 12.8 Å². The van der Waals surface area contributed by atoms with Gasteiger partial charge in [0.05, 0.1) is 12.2 Å². The van der Waals surface area contributed by atoms with E-state index in [1.54, 1.807) is 31.1 Å². The molecule has 0 saturated carbocycles. The lowest BCUT2D eigenvalue weighted by molar-refractivity contribution is -0.139. The third-order valence-corrected chi connectivity index (χ3v) is 7.22. The van der Waals surface area contributed by atoms with Crippen LogP contribution in [0.1, 0.15) is 65.1 Å². The van der Waals surface area contributed by atoms with Crippen LogP contribution in [0.2, 0.25) is 0 Å². The number of terminal acetylenes is 1. The second-order valence-electron chi connectivity index (χ2n) is 10.9. The van der Waals surface area contributed by atoms with Crippen LogP contribution in [0.4, 0.5) is 5.69 Å². The van der Waals surface area contributed by atoms with Crippen molar-refractivity contribution in [2.24, 2.45) is 10.7 Å². The molecule has 2 aliphatic heterocycles. The molecule has 1 aromatic carbocycles. The van der Waals surface area contributed by atoms with Crippen molar-refractivity contribution in [1.82, 2.24) is 25.0 Å². The number of aromatic nitrogens is 1. The van der Waals surface area contributed by atoms with E-state index >= 15 is 0 Å². The Bertz CT molecular complexity index is 1550. The number of carbonyl (C=O) groups is 4. The fraction of sp³-hybridized carbons (Fsp3) is 0.394. The number of fused-ring (bicyclic) bond motifs is 1. The Morgan fingerprint density at radius 2 is 1.73 bits per heavy atom. The van der Waals surface area contributed by atoms with Gasteiger partial charge in [-0.05, 0) is 69.0 Å². The highest BCUT2D eigenvalue weighted by molar-refractivity contribution is 6.06. The third kappa shape index (κ3) is 9.92. The number of aliphatic imine (C=N–C) groups is 1. The number of hydrogen-bond acceptors (Lipinski definition) is 7. The monoisotopic (exact) mass is 615 g/mol. The van der Waals surface area contributed by atoms with Crippen molar-refractivity contribution >= 4 is 46.2 Å². The Kier molecular flexibility index (Phi) is 12.7. The third-order valence-electron chi connectivity index (χ3n) is 7.22. The molecule has 0 bridgehead atoms. The normalized spacial score (nSPS) is 14.9. The van der Waals surface area contributed by atoms with Gasteiger partial charge in [-0.1, -0.05) is 6.42 Å². The first kappa shape index (κ1) is 34.3.